The van der Waals surface area contributed by atoms with Crippen LogP contribution < -0.4 is 19.5 Å². The van der Waals surface area contributed by atoms with Gasteiger partial charge in [-0.2, -0.15) is 0 Å². The summed E-state index contributed by atoms with van der Waals surface area (Å²) in [5, 5.41) is 3.01. The highest BCUT2D eigenvalue weighted by Gasteiger charge is 2.16. The minimum Gasteiger partial charge on any atom is -0.493 e. The molecular formula is C18H28N2O4. The maximum atomic E-state index is 12.2. The SMILES string of the molecule is COc1cc(CCNC(=O)N2CCCCCC2)cc(OC)c1OC. The van der Waals surface area contributed by atoms with Crippen LogP contribution in [0.1, 0.15) is 31.2 Å². The van der Waals surface area contributed by atoms with Crippen LogP contribution in [0.4, 0.5) is 4.79 Å². The highest BCUT2D eigenvalue weighted by atomic mass is 16.5. The number of methoxy groups -OCH3 is 3. The van der Waals surface area contributed by atoms with Gasteiger partial charge in [0.25, 0.3) is 0 Å². The summed E-state index contributed by atoms with van der Waals surface area (Å²) in [4.78, 5) is 14.2. The van der Waals surface area contributed by atoms with Crippen LogP contribution in [0.3, 0.4) is 0 Å². The molecule has 0 bridgehead atoms. The van der Waals surface area contributed by atoms with Crippen molar-refractivity contribution in [1.29, 1.82) is 0 Å². The quantitative estimate of drug-likeness (QED) is 0.868. The van der Waals surface area contributed by atoms with Crippen molar-refractivity contribution in [2.24, 2.45) is 0 Å². The zero-order valence-corrected chi connectivity index (χ0v) is 14.9. The largest absolute Gasteiger partial charge is 0.493 e. The van der Waals surface area contributed by atoms with Crippen LogP contribution >= 0.6 is 0 Å². The molecule has 1 saturated heterocycles. The number of urea groups is 1. The molecule has 134 valence electrons. The van der Waals surface area contributed by atoms with Gasteiger partial charge in [-0.05, 0) is 37.0 Å². The van der Waals surface area contributed by atoms with Crippen molar-refractivity contribution in [3.63, 3.8) is 0 Å². The van der Waals surface area contributed by atoms with Crippen molar-refractivity contribution < 1.29 is 19.0 Å². The van der Waals surface area contributed by atoms with Crippen LogP contribution in [-0.4, -0.2) is 51.9 Å². The fourth-order valence-electron chi connectivity index (χ4n) is 2.98. The average molecular weight is 336 g/mol. The van der Waals surface area contributed by atoms with Gasteiger partial charge in [-0.15, -0.1) is 0 Å². The Morgan fingerprint density at radius 3 is 2.08 bits per heavy atom. The molecule has 0 spiro atoms. The third-order valence-electron chi connectivity index (χ3n) is 4.31. The molecule has 24 heavy (non-hydrogen) atoms. The number of hydrogen-bond donors (Lipinski definition) is 1. The van der Waals surface area contributed by atoms with E-state index in [1.165, 1.54) is 12.8 Å². The number of nitrogens with zero attached hydrogens (tertiary/aromatic N) is 1. The van der Waals surface area contributed by atoms with Crippen LogP contribution in [0.25, 0.3) is 0 Å². The number of benzene rings is 1. The van der Waals surface area contributed by atoms with E-state index in [4.69, 9.17) is 14.2 Å². The molecule has 1 N–H and O–H groups in total. The molecule has 1 fully saturated rings. The molecule has 1 aliphatic rings. The summed E-state index contributed by atoms with van der Waals surface area (Å²) in [7, 11) is 4.78. The van der Waals surface area contributed by atoms with Gasteiger partial charge in [0.05, 0.1) is 21.3 Å². The Kier molecular flexibility index (Phi) is 7.03. The van der Waals surface area contributed by atoms with Crippen molar-refractivity contribution in [2.45, 2.75) is 32.1 Å². The lowest BCUT2D eigenvalue weighted by Gasteiger charge is -2.21. The second-order valence-electron chi connectivity index (χ2n) is 5.92. The summed E-state index contributed by atoms with van der Waals surface area (Å²) in [5.74, 6) is 1.84. The zero-order valence-electron chi connectivity index (χ0n) is 14.9. The predicted molar refractivity (Wildman–Crippen MR) is 93.2 cm³/mol. The summed E-state index contributed by atoms with van der Waals surface area (Å²) in [6.45, 7) is 2.29. The molecule has 0 radical (unpaired) electrons. The topological polar surface area (TPSA) is 60.0 Å². The summed E-state index contributed by atoms with van der Waals surface area (Å²) in [5.41, 5.74) is 1.03. The predicted octanol–water partition coefficient (Wildman–Crippen LogP) is 2.84. The smallest absolute Gasteiger partial charge is 0.317 e. The highest BCUT2D eigenvalue weighted by molar-refractivity contribution is 5.74. The molecule has 1 aliphatic heterocycles. The van der Waals surface area contributed by atoms with Crippen LogP contribution in [0, 0.1) is 0 Å². The molecule has 2 rings (SSSR count). The summed E-state index contributed by atoms with van der Waals surface area (Å²) in [6.07, 6.45) is 5.33. The lowest BCUT2D eigenvalue weighted by atomic mass is 10.1. The third kappa shape index (κ3) is 4.69. The minimum atomic E-state index is 0.0318. The zero-order chi connectivity index (χ0) is 17.4. The van der Waals surface area contributed by atoms with Gasteiger partial charge >= 0.3 is 6.03 Å². The van der Waals surface area contributed by atoms with Crippen molar-refractivity contribution in [3.05, 3.63) is 17.7 Å². The molecular weight excluding hydrogens is 308 g/mol. The van der Waals surface area contributed by atoms with E-state index in [1.54, 1.807) is 21.3 Å². The number of rotatable bonds is 6. The van der Waals surface area contributed by atoms with Gasteiger partial charge in [-0.1, -0.05) is 12.8 Å². The van der Waals surface area contributed by atoms with Crippen LogP contribution in [0.15, 0.2) is 12.1 Å². The van der Waals surface area contributed by atoms with Gasteiger partial charge < -0.3 is 24.4 Å². The second kappa shape index (κ2) is 9.25. The Bertz CT molecular complexity index is 515. The van der Waals surface area contributed by atoms with E-state index < -0.39 is 0 Å². The van der Waals surface area contributed by atoms with Crippen molar-refractivity contribution in [2.75, 3.05) is 41.0 Å². The van der Waals surface area contributed by atoms with Gasteiger partial charge in [-0.25, -0.2) is 4.79 Å². The van der Waals surface area contributed by atoms with E-state index >= 15 is 0 Å². The van der Waals surface area contributed by atoms with Crippen molar-refractivity contribution in [1.82, 2.24) is 10.2 Å². The number of amides is 2. The lowest BCUT2D eigenvalue weighted by molar-refractivity contribution is 0.200. The van der Waals surface area contributed by atoms with Crippen LogP contribution in [0.2, 0.25) is 0 Å². The molecule has 2 amide bonds. The Balaban J connectivity index is 1.92. The van der Waals surface area contributed by atoms with E-state index in [0.717, 1.165) is 31.5 Å². The molecule has 1 heterocycles. The first-order valence-electron chi connectivity index (χ1n) is 8.51. The molecule has 1 aromatic carbocycles. The monoisotopic (exact) mass is 336 g/mol. The molecule has 0 atom stereocenters. The minimum absolute atomic E-state index is 0.0318. The van der Waals surface area contributed by atoms with Gasteiger partial charge in [-0.3, -0.25) is 0 Å². The Hall–Kier alpha value is -2.11. The Labute approximate surface area is 144 Å². The molecule has 0 saturated carbocycles. The van der Waals surface area contributed by atoms with E-state index in [0.29, 0.717) is 30.2 Å². The molecule has 1 aromatic rings. The number of carbonyl (C=O) groups excluding carboxylic acids is 1. The third-order valence-corrected chi connectivity index (χ3v) is 4.31. The first-order chi connectivity index (χ1) is 11.7. The highest BCUT2D eigenvalue weighted by Crippen LogP contribution is 2.38. The molecule has 0 aromatic heterocycles. The fraction of sp³-hybridized carbons (Fsp3) is 0.611. The van der Waals surface area contributed by atoms with Gasteiger partial charge in [0.2, 0.25) is 5.75 Å². The summed E-state index contributed by atoms with van der Waals surface area (Å²) < 4.78 is 16.0. The Morgan fingerprint density at radius 2 is 1.58 bits per heavy atom. The van der Waals surface area contributed by atoms with Gasteiger partial charge in [0, 0.05) is 19.6 Å². The van der Waals surface area contributed by atoms with Crippen molar-refractivity contribution in [3.8, 4) is 17.2 Å². The standard InChI is InChI=1S/C18H28N2O4/c1-22-15-12-14(13-16(23-2)17(15)24-3)8-9-19-18(21)20-10-6-4-5-7-11-20/h12-13H,4-11H2,1-3H3,(H,19,21). The fourth-order valence-corrected chi connectivity index (χ4v) is 2.98. The molecule has 0 aliphatic carbocycles. The molecule has 0 unspecified atom stereocenters. The van der Waals surface area contributed by atoms with Gasteiger partial charge in [0.15, 0.2) is 11.5 Å². The van der Waals surface area contributed by atoms with E-state index in [2.05, 4.69) is 5.32 Å². The normalized spacial score (nSPS) is 14.7. The van der Waals surface area contributed by atoms with Crippen molar-refractivity contribution >= 4 is 6.03 Å². The maximum Gasteiger partial charge on any atom is 0.317 e. The Morgan fingerprint density at radius 1 is 1.00 bits per heavy atom. The number of nitrogens with one attached hydrogen (secondary N) is 1. The maximum absolute atomic E-state index is 12.2. The van der Waals surface area contributed by atoms with E-state index in [-0.39, 0.29) is 6.03 Å². The van der Waals surface area contributed by atoms with Crippen LogP contribution in [0.5, 0.6) is 17.2 Å². The number of hydrogen-bond acceptors (Lipinski definition) is 4. The first-order valence-corrected chi connectivity index (χ1v) is 8.51. The number of likely N-dealkylation sites (tertiary alicyclic amines) is 1. The number of ether oxygens (including phenoxy) is 3. The lowest BCUT2D eigenvalue weighted by Crippen LogP contribution is -2.41. The molecule has 6 nitrogen and oxygen atoms in total. The molecule has 6 heteroatoms. The number of carbonyl (C=O) groups is 1. The second-order valence-corrected chi connectivity index (χ2v) is 5.92. The van der Waals surface area contributed by atoms with Crippen LogP contribution in [-0.2, 0) is 6.42 Å². The first kappa shape index (κ1) is 18.2. The summed E-state index contributed by atoms with van der Waals surface area (Å²) in [6, 6.07) is 3.86. The van der Waals surface area contributed by atoms with Gasteiger partial charge in [0.1, 0.15) is 0 Å². The van der Waals surface area contributed by atoms with E-state index in [9.17, 15) is 4.79 Å². The summed E-state index contributed by atoms with van der Waals surface area (Å²) >= 11 is 0. The van der Waals surface area contributed by atoms with E-state index in [1.807, 2.05) is 17.0 Å². The average Bonchev–Trinajstić information content (AvgIpc) is 2.90.